The van der Waals surface area contributed by atoms with Crippen LogP contribution in [0.5, 0.6) is 0 Å². The first-order valence-corrected chi connectivity index (χ1v) is 33.9. The van der Waals surface area contributed by atoms with Crippen LogP contribution in [0.3, 0.4) is 0 Å². The number of carbonyl (C=O) groups is 3. The molecule has 0 heterocycles. The van der Waals surface area contributed by atoms with Crippen LogP contribution in [0.1, 0.15) is 323 Å². The highest BCUT2D eigenvalue weighted by Crippen LogP contribution is 2.17. The third-order valence-corrected chi connectivity index (χ3v) is 14.5. The van der Waals surface area contributed by atoms with Crippen molar-refractivity contribution in [1.29, 1.82) is 0 Å². The quantitative estimate of drug-likeness (QED) is 0.0261. The van der Waals surface area contributed by atoms with Crippen LogP contribution in [0.15, 0.2) is 109 Å². The highest BCUT2D eigenvalue weighted by atomic mass is 16.6. The molecule has 0 bridgehead atoms. The molecule has 0 saturated heterocycles. The molecule has 0 aromatic carbocycles. The highest BCUT2D eigenvalue weighted by molar-refractivity contribution is 5.71. The number of allylic oxidation sites excluding steroid dienone is 18. The summed E-state index contributed by atoms with van der Waals surface area (Å²) in [7, 11) is 0. The minimum Gasteiger partial charge on any atom is -0.462 e. The minimum absolute atomic E-state index is 0.0950. The van der Waals surface area contributed by atoms with Gasteiger partial charge >= 0.3 is 17.9 Å². The van der Waals surface area contributed by atoms with Crippen LogP contribution < -0.4 is 0 Å². The van der Waals surface area contributed by atoms with E-state index in [0.29, 0.717) is 19.3 Å². The van der Waals surface area contributed by atoms with Crippen LogP contribution in [0.25, 0.3) is 0 Å². The molecule has 0 spiro atoms. The van der Waals surface area contributed by atoms with Crippen molar-refractivity contribution in [3.63, 3.8) is 0 Å². The first-order valence-electron chi connectivity index (χ1n) is 33.9. The van der Waals surface area contributed by atoms with Gasteiger partial charge in [0.2, 0.25) is 0 Å². The SMILES string of the molecule is CC/C=C\C/C=C\C/C=C\C/C=C\C/C=C\C/C=C\C/C=C\CCCCCC(=O)OCC(COC(=O)CCCCCCC/C=C\C/C=C\CCCC)OC(=O)CCCCCCCCCCCCCCCCCCCCCCCCC. The number of hydrogen-bond acceptors (Lipinski definition) is 6. The fraction of sp³-hybridized carbons (Fsp3) is 0.716. The molecule has 0 aliphatic heterocycles. The maximum Gasteiger partial charge on any atom is 0.306 e. The van der Waals surface area contributed by atoms with E-state index >= 15 is 0 Å². The fourth-order valence-electron chi connectivity index (χ4n) is 9.44. The van der Waals surface area contributed by atoms with Gasteiger partial charge in [0.25, 0.3) is 0 Å². The number of hydrogen-bond donors (Lipinski definition) is 0. The van der Waals surface area contributed by atoms with E-state index in [-0.39, 0.29) is 31.1 Å². The maximum absolute atomic E-state index is 12.9. The van der Waals surface area contributed by atoms with Crippen LogP contribution in [0.2, 0.25) is 0 Å². The van der Waals surface area contributed by atoms with Crippen molar-refractivity contribution in [2.75, 3.05) is 13.2 Å². The van der Waals surface area contributed by atoms with Gasteiger partial charge in [-0.1, -0.05) is 310 Å². The molecule has 0 fully saturated rings. The van der Waals surface area contributed by atoms with Crippen LogP contribution in [0.4, 0.5) is 0 Å². The van der Waals surface area contributed by atoms with E-state index in [2.05, 4.69) is 130 Å². The van der Waals surface area contributed by atoms with Crippen molar-refractivity contribution in [1.82, 2.24) is 0 Å². The van der Waals surface area contributed by atoms with Crippen molar-refractivity contribution in [3.8, 4) is 0 Å². The predicted molar refractivity (Wildman–Crippen MR) is 348 cm³/mol. The first-order chi connectivity index (χ1) is 39.5. The molecule has 0 rings (SSSR count). The van der Waals surface area contributed by atoms with Gasteiger partial charge in [-0.25, -0.2) is 0 Å². The Kier molecular flexibility index (Phi) is 64.3. The molecule has 6 heteroatoms. The van der Waals surface area contributed by atoms with E-state index in [1.54, 1.807) is 0 Å². The van der Waals surface area contributed by atoms with Gasteiger partial charge in [0.1, 0.15) is 13.2 Å². The molecule has 0 aromatic rings. The molecule has 0 amide bonds. The van der Waals surface area contributed by atoms with Crippen LogP contribution in [-0.4, -0.2) is 37.2 Å². The second-order valence-corrected chi connectivity index (χ2v) is 22.4. The van der Waals surface area contributed by atoms with E-state index in [0.717, 1.165) is 135 Å². The average Bonchev–Trinajstić information content (AvgIpc) is 3.46. The van der Waals surface area contributed by atoms with E-state index in [1.165, 1.54) is 148 Å². The number of ether oxygens (including phenoxy) is 3. The van der Waals surface area contributed by atoms with Gasteiger partial charge in [0.05, 0.1) is 0 Å². The molecule has 0 aromatic heterocycles. The summed E-state index contributed by atoms with van der Waals surface area (Å²) < 4.78 is 16.9. The molecule has 0 radical (unpaired) electrons. The Morgan fingerprint density at radius 2 is 0.500 bits per heavy atom. The summed E-state index contributed by atoms with van der Waals surface area (Å²) >= 11 is 0. The van der Waals surface area contributed by atoms with Gasteiger partial charge in [0.15, 0.2) is 6.10 Å². The number of carbonyl (C=O) groups excluding carboxylic acids is 3. The largest absolute Gasteiger partial charge is 0.462 e. The Bertz CT molecular complexity index is 1610. The normalized spacial score (nSPS) is 12.8. The van der Waals surface area contributed by atoms with Gasteiger partial charge in [-0.15, -0.1) is 0 Å². The zero-order valence-corrected chi connectivity index (χ0v) is 52.6. The lowest BCUT2D eigenvalue weighted by molar-refractivity contribution is -0.167. The Balaban J connectivity index is 4.40. The van der Waals surface area contributed by atoms with Crippen molar-refractivity contribution in [3.05, 3.63) is 109 Å². The Labute approximate surface area is 495 Å². The predicted octanol–water partition coefficient (Wildman–Crippen LogP) is 23.4. The number of esters is 3. The summed E-state index contributed by atoms with van der Waals surface area (Å²) in [4.78, 5) is 38.4. The van der Waals surface area contributed by atoms with Gasteiger partial charge in [0, 0.05) is 19.3 Å². The van der Waals surface area contributed by atoms with Crippen molar-refractivity contribution >= 4 is 17.9 Å². The van der Waals surface area contributed by atoms with E-state index < -0.39 is 6.10 Å². The van der Waals surface area contributed by atoms with Crippen molar-refractivity contribution < 1.29 is 28.6 Å². The summed E-state index contributed by atoms with van der Waals surface area (Å²) in [6.45, 7) is 6.48. The molecule has 0 aliphatic rings. The summed E-state index contributed by atoms with van der Waals surface area (Å²) in [6, 6.07) is 0. The second kappa shape index (κ2) is 67.6. The van der Waals surface area contributed by atoms with Crippen LogP contribution in [0, 0.1) is 0 Å². The van der Waals surface area contributed by atoms with Crippen LogP contribution >= 0.6 is 0 Å². The van der Waals surface area contributed by atoms with Gasteiger partial charge in [-0.2, -0.15) is 0 Å². The molecular formula is C74H126O6. The summed E-state index contributed by atoms with van der Waals surface area (Å²) in [5, 5.41) is 0. The molecule has 0 saturated carbocycles. The molecule has 0 N–H and O–H groups in total. The average molecular weight is 1110 g/mol. The molecular weight excluding hydrogens is 985 g/mol. The van der Waals surface area contributed by atoms with Gasteiger partial charge in [-0.05, 0) is 103 Å². The molecule has 0 aliphatic carbocycles. The molecule has 458 valence electrons. The summed E-state index contributed by atoms with van der Waals surface area (Å²) in [5.74, 6) is -0.929. The topological polar surface area (TPSA) is 78.9 Å². The Hall–Kier alpha value is -3.93. The second-order valence-electron chi connectivity index (χ2n) is 22.4. The fourth-order valence-corrected chi connectivity index (χ4v) is 9.44. The monoisotopic (exact) mass is 1110 g/mol. The number of rotatable bonds is 61. The Morgan fingerprint density at radius 1 is 0.263 bits per heavy atom. The first kappa shape index (κ1) is 76.1. The van der Waals surface area contributed by atoms with E-state index in [1.807, 2.05) is 0 Å². The lowest BCUT2D eigenvalue weighted by Gasteiger charge is -2.18. The van der Waals surface area contributed by atoms with Crippen LogP contribution in [-0.2, 0) is 28.6 Å². The molecule has 1 unspecified atom stereocenters. The number of unbranched alkanes of at least 4 members (excludes halogenated alkanes) is 32. The summed E-state index contributed by atoms with van der Waals surface area (Å²) in [5.41, 5.74) is 0. The van der Waals surface area contributed by atoms with Gasteiger partial charge in [-0.3, -0.25) is 14.4 Å². The third kappa shape index (κ3) is 64.9. The van der Waals surface area contributed by atoms with E-state index in [9.17, 15) is 14.4 Å². The third-order valence-electron chi connectivity index (χ3n) is 14.5. The molecule has 1 atom stereocenters. The van der Waals surface area contributed by atoms with Crippen molar-refractivity contribution in [2.45, 2.75) is 329 Å². The van der Waals surface area contributed by atoms with Crippen molar-refractivity contribution in [2.24, 2.45) is 0 Å². The zero-order chi connectivity index (χ0) is 57.8. The molecule has 80 heavy (non-hydrogen) atoms. The minimum atomic E-state index is -0.800. The standard InChI is InChI=1S/C74H126O6/c1-4-7-10-13-16-19-22-25-28-30-32-34-36-37-39-40-42-44-46-49-52-55-58-61-64-67-73(76)79-70-71(69-78-72(75)66-63-60-57-54-51-48-27-24-21-18-15-12-9-6-3)80-74(77)68-65-62-59-56-53-50-47-45-43-41-38-35-33-31-29-26-23-20-17-14-11-8-5-2/h7,10,15-16,18-19,24-25,27-28,32,34,37,39,42,44,49,52,71H,4-6,8-9,11-14,17,20-23,26,29-31,33,35-36,38,40-41,43,45-48,50-51,53-70H2,1-3H3/b10-7-,18-15-,19-16-,27-24-,28-25-,34-32-,39-37-,44-42-,52-49-. The summed E-state index contributed by atoms with van der Waals surface area (Å²) in [6.07, 6.45) is 92.5. The highest BCUT2D eigenvalue weighted by Gasteiger charge is 2.19. The van der Waals surface area contributed by atoms with E-state index in [4.69, 9.17) is 14.2 Å². The lowest BCUT2D eigenvalue weighted by Crippen LogP contribution is -2.30. The maximum atomic E-state index is 12.9. The Morgan fingerprint density at radius 3 is 0.812 bits per heavy atom. The van der Waals surface area contributed by atoms with Gasteiger partial charge < -0.3 is 14.2 Å². The smallest absolute Gasteiger partial charge is 0.306 e. The zero-order valence-electron chi connectivity index (χ0n) is 52.6. The lowest BCUT2D eigenvalue weighted by atomic mass is 10.0. The molecule has 6 nitrogen and oxygen atoms in total.